The SMILES string of the molecule is O=C(COC(=O)c1ccc2c(c1)OCCCO2)c1ccc2c(c1)CCCC2. The molecule has 0 spiro atoms. The van der Waals surface area contributed by atoms with Gasteiger partial charge in [-0.15, -0.1) is 0 Å². The van der Waals surface area contributed by atoms with E-state index in [-0.39, 0.29) is 12.4 Å². The molecule has 140 valence electrons. The average Bonchev–Trinajstić information content (AvgIpc) is 2.96. The van der Waals surface area contributed by atoms with Crippen molar-refractivity contribution >= 4 is 11.8 Å². The van der Waals surface area contributed by atoms with Crippen molar-refractivity contribution in [1.29, 1.82) is 0 Å². The van der Waals surface area contributed by atoms with E-state index in [0.29, 0.717) is 35.8 Å². The molecule has 2 aromatic rings. The van der Waals surface area contributed by atoms with Crippen LogP contribution in [0.1, 0.15) is 51.1 Å². The highest BCUT2D eigenvalue weighted by molar-refractivity contribution is 5.99. The maximum absolute atomic E-state index is 12.4. The Morgan fingerprint density at radius 3 is 2.41 bits per heavy atom. The van der Waals surface area contributed by atoms with Crippen molar-refractivity contribution in [2.45, 2.75) is 32.1 Å². The van der Waals surface area contributed by atoms with Crippen LogP contribution in [0.2, 0.25) is 0 Å². The van der Waals surface area contributed by atoms with Gasteiger partial charge in [-0.3, -0.25) is 4.79 Å². The fourth-order valence-electron chi connectivity index (χ4n) is 3.49. The van der Waals surface area contributed by atoms with Crippen LogP contribution in [-0.2, 0) is 17.6 Å². The quantitative estimate of drug-likeness (QED) is 0.609. The number of aryl methyl sites for hydroxylation is 2. The summed E-state index contributed by atoms with van der Waals surface area (Å²) in [6.07, 6.45) is 5.23. The minimum atomic E-state index is -0.544. The van der Waals surface area contributed by atoms with E-state index in [9.17, 15) is 9.59 Å². The third-order valence-corrected chi connectivity index (χ3v) is 4.99. The number of ether oxygens (including phenoxy) is 3. The van der Waals surface area contributed by atoms with E-state index >= 15 is 0 Å². The average molecular weight is 366 g/mol. The highest BCUT2D eigenvalue weighted by atomic mass is 16.5. The maximum atomic E-state index is 12.4. The molecular formula is C22H22O5. The number of carbonyl (C=O) groups excluding carboxylic acids is 2. The van der Waals surface area contributed by atoms with Gasteiger partial charge in [0, 0.05) is 12.0 Å². The fraction of sp³-hybridized carbons (Fsp3) is 0.364. The van der Waals surface area contributed by atoms with Crippen molar-refractivity contribution in [3.05, 3.63) is 58.7 Å². The molecular weight excluding hydrogens is 344 g/mol. The van der Waals surface area contributed by atoms with E-state index in [1.54, 1.807) is 18.2 Å². The molecule has 0 N–H and O–H groups in total. The van der Waals surface area contributed by atoms with Gasteiger partial charge in [0.15, 0.2) is 23.9 Å². The Morgan fingerprint density at radius 2 is 1.56 bits per heavy atom. The zero-order valence-electron chi connectivity index (χ0n) is 15.2. The lowest BCUT2D eigenvalue weighted by molar-refractivity contribution is 0.0474. The number of fused-ring (bicyclic) bond motifs is 2. The predicted octanol–water partition coefficient (Wildman–Crippen LogP) is 3.77. The van der Waals surface area contributed by atoms with Crippen molar-refractivity contribution in [3.63, 3.8) is 0 Å². The van der Waals surface area contributed by atoms with Gasteiger partial charge in [-0.1, -0.05) is 12.1 Å². The highest BCUT2D eigenvalue weighted by Crippen LogP contribution is 2.30. The van der Waals surface area contributed by atoms with Crippen molar-refractivity contribution in [2.24, 2.45) is 0 Å². The molecule has 2 aliphatic rings. The zero-order valence-corrected chi connectivity index (χ0v) is 15.2. The van der Waals surface area contributed by atoms with Crippen LogP contribution < -0.4 is 9.47 Å². The van der Waals surface area contributed by atoms with Gasteiger partial charge in [-0.25, -0.2) is 4.79 Å². The molecule has 0 bridgehead atoms. The standard InChI is InChI=1S/C22H22O5/c23-19(17-7-6-15-4-1-2-5-16(15)12-17)14-27-22(24)18-8-9-20-21(13-18)26-11-3-10-25-20/h6-9,12-13H,1-5,10-11,14H2. The number of benzene rings is 2. The molecule has 0 saturated carbocycles. The first-order valence-electron chi connectivity index (χ1n) is 9.42. The smallest absolute Gasteiger partial charge is 0.338 e. The van der Waals surface area contributed by atoms with Gasteiger partial charge in [0.1, 0.15) is 0 Å². The van der Waals surface area contributed by atoms with Crippen molar-refractivity contribution in [2.75, 3.05) is 19.8 Å². The van der Waals surface area contributed by atoms with Gasteiger partial charge < -0.3 is 14.2 Å². The second-order valence-electron chi connectivity index (χ2n) is 6.90. The second kappa shape index (κ2) is 7.82. The van der Waals surface area contributed by atoms with Crippen LogP contribution in [-0.4, -0.2) is 31.6 Å². The summed E-state index contributed by atoms with van der Waals surface area (Å²) >= 11 is 0. The van der Waals surface area contributed by atoms with Crippen LogP contribution in [0, 0.1) is 0 Å². The third kappa shape index (κ3) is 3.97. The number of ketones is 1. The van der Waals surface area contributed by atoms with Crippen molar-refractivity contribution in [3.8, 4) is 11.5 Å². The molecule has 0 saturated heterocycles. The Bertz CT molecular complexity index is 871. The molecule has 5 nitrogen and oxygen atoms in total. The molecule has 0 amide bonds. The first-order valence-corrected chi connectivity index (χ1v) is 9.42. The summed E-state index contributed by atoms with van der Waals surface area (Å²) in [7, 11) is 0. The van der Waals surface area contributed by atoms with Gasteiger partial charge in [0.05, 0.1) is 18.8 Å². The number of carbonyl (C=O) groups is 2. The molecule has 1 aliphatic carbocycles. The summed E-state index contributed by atoms with van der Waals surface area (Å²) in [5.74, 6) is 0.417. The van der Waals surface area contributed by atoms with E-state index in [0.717, 1.165) is 25.7 Å². The van der Waals surface area contributed by atoms with E-state index in [4.69, 9.17) is 14.2 Å². The Balaban J connectivity index is 1.40. The maximum Gasteiger partial charge on any atom is 0.338 e. The lowest BCUT2D eigenvalue weighted by atomic mass is 9.90. The van der Waals surface area contributed by atoms with Crippen LogP contribution >= 0.6 is 0 Å². The van der Waals surface area contributed by atoms with Gasteiger partial charge in [0.2, 0.25) is 0 Å². The van der Waals surface area contributed by atoms with Gasteiger partial charge in [0.25, 0.3) is 0 Å². The molecule has 1 heterocycles. The van der Waals surface area contributed by atoms with Crippen LogP contribution in [0.3, 0.4) is 0 Å². The summed E-state index contributed by atoms with van der Waals surface area (Å²) in [6, 6.07) is 10.7. The largest absolute Gasteiger partial charge is 0.490 e. The summed E-state index contributed by atoms with van der Waals surface area (Å²) in [4.78, 5) is 24.7. The molecule has 2 aromatic carbocycles. The minimum Gasteiger partial charge on any atom is -0.490 e. The molecule has 0 atom stereocenters. The first-order chi connectivity index (χ1) is 13.2. The Hall–Kier alpha value is -2.82. The van der Waals surface area contributed by atoms with Gasteiger partial charge >= 0.3 is 5.97 Å². The Kier molecular flexibility index (Phi) is 5.10. The van der Waals surface area contributed by atoms with Crippen LogP contribution in [0.4, 0.5) is 0 Å². The molecule has 0 fully saturated rings. The van der Waals surface area contributed by atoms with E-state index in [1.165, 1.54) is 17.5 Å². The summed E-state index contributed by atoms with van der Waals surface area (Å²) in [5, 5.41) is 0. The van der Waals surface area contributed by atoms with Gasteiger partial charge in [-0.05, 0) is 61.1 Å². The minimum absolute atomic E-state index is 0.189. The molecule has 5 heteroatoms. The lowest BCUT2D eigenvalue weighted by Gasteiger charge is -2.16. The van der Waals surface area contributed by atoms with Gasteiger partial charge in [-0.2, -0.15) is 0 Å². The number of Topliss-reactive ketones (excluding diaryl/α,β-unsaturated/α-hetero) is 1. The number of esters is 1. The van der Waals surface area contributed by atoms with E-state index < -0.39 is 5.97 Å². The van der Waals surface area contributed by atoms with Crippen LogP contribution in [0.15, 0.2) is 36.4 Å². The zero-order chi connectivity index (χ0) is 18.6. The van der Waals surface area contributed by atoms with Crippen LogP contribution in [0.5, 0.6) is 11.5 Å². The molecule has 4 rings (SSSR count). The summed E-state index contributed by atoms with van der Waals surface area (Å²) in [6.45, 7) is 0.862. The fourth-order valence-corrected chi connectivity index (χ4v) is 3.49. The van der Waals surface area contributed by atoms with Crippen molar-refractivity contribution < 1.29 is 23.8 Å². The van der Waals surface area contributed by atoms with Crippen LogP contribution in [0.25, 0.3) is 0 Å². The topological polar surface area (TPSA) is 61.8 Å². The number of hydrogen-bond acceptors (Lipinski definition) is 5. The molecule has 0 radical (unpaired) electrons. The normalized spacial score (nSPS) is 15.4. The summed E-state index contributed by atoms with van der Waals surface area (Å²) in [5.41, 5.74) is 3.50. The Labute approximate surface area is 158 Å². The van der Waals surface area contributed by atoms with Crippen molar-refractivity contribution in [1.82, 2.24) is 0 Å². The first kappa shape index (κ1) is 17.6. The highest BCUT2D eigenvalue weighted by Gasteiger charge is 2.17. The third-order valence-electron chi connectivity index (χ3n) is 4.99. The molecule has 0 aromatic heterocycles. The Morgan fingerprint density at radius 1 is 0.815 bits per heavy atom. The predicted molar refractivity (Wildman–Crippen MR) is 99.7 cm³/mol. The number of hydrogen-bond donors (Lipinski definition) is 0. The molecule has 27 heavy (non-hydrogen) atoms. The lowest BCUT2D eigenvalue weighted by Crippen LogP contribution is -2.15. The second-order valence-corrected chi connectivity index (χ2v) is 6.90. The number of rotatable bonds is 4. The molecule has 0 unspecified atom stereocenters. The van der Waals surface area contributed by atoms with E-state index in [1.807, 2.05) is 18.2 Å². The molecule has 1 aliphatic heterocycles. The monoisotopic (exact) mass is 366 g/mol. The van der Waals surface area contributed by atoms with E-state index in [2.05, 4.69) is 0 Å². The summed E-state index contributed by atoms with van der Waals surface area (Å²) < 4.78 is 16.4.